The molecule has 5 heteroatoms. The standard InChI is InChI=1S/C17H17N5/c18-17(21-14-9-5-2-6-10-14)20-12-16-19-11-15(22-16)13-7-3-1-4-8-13/h1-11H,12H2,(H,19,22)(H3,18,20,21). The molecule has 0 fully saturated rings. The second-order valence-corrected chi connectivity index (χ2v) is 4.80. The highest BCUT2D eigenvalue weighted by molar-refractivity contribution is 5.92. The van der Waals surface area contributed by atoms with Crippen LogP contribution < -0.4 is 11.1 Å². The van der Waals surface area contributed by atoms with Crippen LogP contribution in [0.4, 0.5) is 5.69 Å². The third-order valence-electron chi connectivity index (χ3n) is 3.16. The average molecular weight is 291 g/mol. The lowest BCUT2D eigenvalue weighted by Crippen LogP contribution is -2.22. The van der Waals surface area contributed by atoms with Gasteiger partial charge in [-0.2, -0.15) is 0 Å². The number of hydrogen-bond donors (Lipinski definition) is 3. The van der Waals surface area contributed by atoms with Crippen molar-refractivity contribution in [2.24, 2.45) is 10.7 Å². The molecule has 0 unspecified atom stereocenters. The molecular formula is C17H17N5. The molecule has 3 rings (SSSR count). The number of hydrogen-bond acceptors (Lipinski definition) is 2. The van der Waals surface area contributed by atoms with Crippen molar-refractivity contribution >= 4 is 11.6 Å². The van der Waals surface area contributed by atoms with Crippen molar-refractivity contribution in [2.45, 2.75) is 6.54 Å². The molecule has 2 aromatic carbocycles. The van der Waals surface area contributed by atoms with Crippen molar-refractivity contribution in [1.29, 1.82) is 0 Å². The Bertz CT molecular complexity index is 747. The number of para-hydroxylation sites is 1. The van der Waals surface area contributed by atoms with Crippen molar-refractivity contribution in [2.75, 3.05) is 5.32 Å². The van der Waals surface area contributed by atoms with Crippen LogP contribution in [0.2, 0.25) is 0 Å². The molecule has 1 aromatic heterocycles. The summed E-state index contributed by atoms with van der Waals surface area (Å²) >= 11 is 0. The molecule has 4 N–H and O–H groups in total. The molecule has 0 saturated carbocycles. The Kier molecular flexibility index (Phi) is 4.15. The number of rotatable bonds is 4. The number of aliphatic imine (C=N–C) groups is 1. The summed E-state index contributed by atoms with van der Waals surface area (Å²) in [6.45, 7) is 0.401. The first-order chi connectivity index (χ1) is 10.8. The number of nitrogens with two attached hydrogens (primary N) is 1. The fourth-order valence-electron chi connectivity index (χ4n) is 2.08. The van der Waals surface area contributed by atoms with Crippen molar-refractivity contribution in [3.05, 3.63) is 72.7 Å². The Morgan fingerprint density at radius 1 is 1.05 bits per heavy atom. The van der Waals surface area contributed by atoms with Crippen molar-refractivity contribution in [3.63, 3.8) is 0 Å². The van der Waals surface area contributed by atoms with Gasteiger partial charge in [-0.05, 0) is 17.7 Å². The van der Waals surface area contributed by atoms with Gasteiger partial charge in [-0.15, -0.1) is 0 Å². The maximum atomic E-state index is 5.87. The van der Waals surface area contributed by atoms with E-state index in [1.54, 1.807) is 6.20 Å². The van der Waals surface area contributed by atoms with Gasteiger partial charge in [0.1, 0.15) is 12.4 Å². The fourth-order valence-corrected chi connectivity index (χ4v) is 2.08. The minimum atomic E-state index is 0.365. The van der Waals surface area contributed by atoms with Crippen LogP contribution in [-0.4, -0.2) is 15.9 Å². The van der Waals surface area contributed by atoms with E-state index in [2.05, 4.69) is 20.3 Å². The van der Waals surface area contributed by atoms with E-state index in [4.69, 9.17) is 5.73 Å². The molecular weight excluding hydrogens is 274 g/mol. The number of anilines is 1. The molecule has 1 heterocycles. The Morgan fingerprint density at radius 2 is 1.73 bits per heavy atom. The summed E-state index contributed by atoms with van der Waals surface area (Å²) in [5.41, 5.74) is 8.85. The van der Waals surface area contributed by atoms with Crippen LogP contribution in [0.1, 0.15) is 5.82 Å². The van der Waals surface area contributed by atoms with E-state index in [1.165, 1.54) is 0 Å². The summed E-state index contributed by atoms with van der Waals surface area (Å²) < 4.78 is 0. The third-order valence-corrected chi connectivity index (χ3v) is 3.16. The van der Waals surface area contributed by atoms with Crippen LogP contribution in [0, 0.1) is 0 Å². The van der Waals surface area contributed by atoms with E-state index < -0.39 is 0 Å². The zero-order chi connectivity index (χ0) is 15.2. The molecule has 0 atom stereocenters. The van der Waals surface area contributed by atoms with Crippen LogP contribution in [0.5, 0.6) is 0 Å². The molecule has 0 spiro atoms. The predicted octanol–water partition coefficient (Wildman–Crippen LogP) is 3.00. The smallest absolute Gasteiger partial charge is 0.193 e. The van der Waals surface area contributed by atoms with Gasteiger partial charge in [0.15, 0.2) is 5.96 Å². The highest BCUT2D eigenvalue weighted by atomic mass is 15.1. The monoisotopic (exact) mass is 291 g/mol. The molecule has 0 amide bonds. The highest BCUT2D eigenvalue weighted by Crippen LogP contribution is 2.16. The van der Waals surface area contributed by atoms with E-state index in [9.17, 15) is 0 Å². The fraction of sp³-hybridized carbons (Fsp3) is 0.0588. The number of guanidine groups is 1. The normalized spacial score (nSPS) is 11.4. The van der Waals surface area contributed by atoms with Gasteiger partial charge in [-0.25, -0.2) is 9.98 Å². The van der Waals surface area contributed by atoms with Crippen LogP contribution in [-0.2, 0) is 6.54 Å². The summed E-state index contributed by atoms with van der Waals surface area (Å²) in [6.07, 6.45) is 1.81. The molecule has 0 aliphatic carbocycles. The van der Waals surface area contributed by atoms with E-state index >= 15 is 0 Å². The third kappa shape index (κ3) is 3.52. The number of imidazole rings is 1. The van der Waals surface area contributed by atoms with E-state index in [0.717, 1.165) is 22.8 Å². The zero-order valence-electron chi connectivity index (χ0n) is 12.0. The lowest BCUT2D eigenvalue weighted by atomic mass is 10.2. The highest BCUT2D eigenvalue weighted by Gasteiger charge is 2.02. The molecule has 0 aliphatic rings. The topological polar surface area (TPSA) is 79.1 Å². The first-order valence-corrected chi connectivity index (χ1v) is 7.02. The first kappa shape index (κ1) is 13.9. The van der Waals surface area contributed by atoms with Gasteiger partial charge >= 0.3 is 0 Å². The molecule has 0 saturated heterocycles. The molecule has 0 aliphatic heterocycles. The van der Waals surface area contributed by atoms with Gasteiger partial charge in [-0.3, -0.25) is 0 Å². The van der Waals surface area contributed by atoms with Crippen LogP contribution in [0.15, 0.2) is 71.9 Å². The second kappa shape index (κ2) is 6.58. The lowest BCUT2D eigenvalue weighted by Gasteiger charge is -2.04. The van der Waals surface area contributed by atoms with Crippen LogP contribution >= 0.6 is 0 Å². The summed E-state index contributed by atoms with van der Waals surface area (Å²) in [4.78, 5) is 11.9. The number of nitrogens with one attached hydrogen (secondary N) is 2. The summed E-state index contributed by atoms with van der Waals surface area (Å²) in [7, 11) is 0. The quantitative estimate of drug-likeness (QED) is 0.510. The summed E-state index contributed by atoms with van der Waals surface area (Å²) in [6, 6.07) is 19.7. The van der Waals surface area contributed by atoms with Gasteiger partial charge in [0.25, 0.3) is 0 Å². The first-order valence-electron chi connectivity index (χ1n) is 7.02. The van der Waals surface area contributed by atoms with Crippen molar-refractivity contribution < 1.29 is 0 Å². The largest absolute Gasteiger partial charge is 0.370 e. The van der Waals surface area contributed by atoms with Crippen molar-refractivity contribution in [3.8, 4) is 11.3 Å². The molecule has 3 aromatic rings. The van der Waals surface area contributed by atoms with Crippen molar-refractivity contribution in [1.82, 2.24) is 9.97 Å². The Morgan fingerprint density at radius 3 is 2.45 bits per heavy atom. The number of benzene rings is 2. The zero-order valence-corrected chi connectivity index (χ0v) is 12.0. The van der Waals surface area contributed by atoms with E-state index in [0.29, 0.717) is 12.5 Å². The van der Waals surface area contributed by atoms with Gasteiger partial charge in [0, 0.05) is 5.69 Å². The average Bonchev–Trinajstić information content (AvgIpc) is 3.04. The summed E-state index contributed by atoms with van der Waals surface area (Å²) in [5.74, 6) is 1.14. The molecule has 0 bridgehead atoms. The molecule has 110 valence electrons. The Balaban J connectivity index is 1.64. The second-order valence-electron chi connectivity index (χ2n) is 4.80. The predicted molar refractivity (Wildman–Crippen MR) is 89.4 cm³/mol. The molecule has 0 radical (unpaired) electrons. The van der Waals surface area contributed by atoms with Crippen LogP contribution in [0.3, 0.4) is 0 Å². The number of aromatic nitrogens is 2. The van der Waals surface area contributed by atoms with Gasteiger partial charge in [-0.1, -0.05) is 48.5 Å². The lowest BCUT2D eigenvalue weighted by molar-refractivity contribution is 0.947. The minimum absolute atomic E-state index is 0.365. The number of aromatic amines is 1. The van der Waals surface area contributed by atoms with Gasteiger partial charge in [0.05, 0.1) is 11.9 Å². The van der Waals surface area contributed by atoms with Crippen LogP contribution in [0.25, 0.3) is 11.3 Å². The minimum Gasteiger partial charge on any atom is -0.370 e. The maximum absolute atomic E-state index is 5.87. The van der Waals surface area contributed by atoms with Gasteiger partial charge < -0.3 is 16.0 Å². The molecule has 22 heavy (non-hydrogen) atoms. The number of nitrogens with zero attached hydrogens (tertiary/aromatic N) is 2. The van der Waals surface area contributed by atoms with E-state index in [1.807, 2.05) is 60.7 Å². The van der Waals surface area contributed by atoms with E-state index in [-0.39, 0.29) is 0 Å². The SMILES string of the molecule is NC(=NCc1ncc(-c2ccccc2)[nH]1)Nc1ccccc1. The Labute approximate surface area is 128 Å². The van der Waals surface area contributed by atoms with Gasteiger partial charge in [0.2, 0.25) is 0 Å². The molecule has 5 nitrogen and oxygen atoms in total. The Hall–Kier alpha value is -3.08. The maximum Gasteiger partial charge on any atom is 0.193 e. The summed E-state index contributed by atoms with van der Waals surface area (Å²) in [5, 5.41) is 3.04. The number of H-pyrrole nitrogens is 1.